The van der Waals surface area contributed by atoms with E-state index in [1.54, 1.807) is 0 Å². The molecule has 4 nitrogen and oxygen atoms in total. The zero-order valence-corrected chi connectivity index (χ0v) is 9.90. The number of hydrogen-bond acceptors (Lipinski definition) is 5. The van der Waals surface area contributed by atoms with Gasteiger partial charge in [-0.2, -0.15) is 8.42 Å². The molecule has 0 radical (unpaired) electrons. The second-order valence-electron chi connectivity index (χ2n) is 3.09. The molecule has 1 unspecified atom stereocenters. The van der Waals surface area contributed by atoms with E-state index >= 15 is 0 Å². The smallest absolute Gasteiger partial charge is 0.268 e. The molecule has 1 saturated heterocycles. The van der Waals surface area contributed by atoms with Gasteiger partial charge in [0.05, 0.1) is 19.0 Å². The molecule has 1 atom stereocenters. The summed E-state index contributed by atoms with van der Waals surface area (Å²) in [4.78, 5) is 0. The van der Waals surface area contributed by atoms with Crippen molar-refractivity contribution < 1.29 is 17.3 Å². The van der Waals surface area contributed by atoms with Crippen LogP contribution in [0.3, 0.4) is 0 Å². The van der Waals surface area contributed by atoms with Gasteiger partial charge in [-0.05, 0) is 6.42 Å². The van der Waals surface area contributed by atoms with Gasteiger partial charge in [0.2, 0.25) is 0 Å². The molecule has 0 aromatic carbocycles. The largest absolute Gasteiger partial charge is 0.377 e. The van der Waals surface area contributed by atoms with E-state index in [1.807, 2.05) is 6.92 Å². The maximum Gasteiger partial charge on any atom is 0.268 e. The molecule has 0 aliphatic carbocycles. The Morgan fingerprint density at radius 2 is 2.36 bits per heavy atom. The highest BCUT2D eigenvalue weighted by Crippen LogP contribution is 2.19. The first-order valence-electron chi connectivity index (χ1n) is 4.74. The lowest BCUT2D eigenvalue weighted by Crippen LogP contribution is -2.27. The molecule has 1 rings (SSSR count). The van der Waals surface area contributed by atoms with Crippen molar-refractivity contribution in [3.63, 3.8) is 0 Å². The van der Waals surface area contributed by atoms with Crippen molar-refractivity contribution in [3.05, 3.63) is 0 Å². The van der Waals surface area contributed by atoms with Crippen LogP contribution in [-0.4, -0.2) is 38.6 Å². The van der Waals surface area contributed by atoms with Gasteiger partial charge >= 0.3 is 0 Å². The normalized spacial score (nSPS) is 23.6. The average Bonchev–Trinajstić information content (AvgIpc) is 2.16. The van der Waals surface area contributed by atoms with Crippen LogP contribution in [0.25, 0.3) is 0 Å². The summed E-state index contributed by atoms with van der Waals surface area (Å²) in [5.74, 6) is 0.911. The third-order valence-corrected chi connectivity index (χ3v) is 4.23. The highest BCUT2D eigenvalue weighted by Gasteiger charge is 2.22. The first-order valence-corrected chi connectivity index (χ1v) is 7.37. The number of rotatable bonds is 5. The molecule has 14 heavy (non-hydrogen) atoms. The summed E-state index contributed by atoms with van der Waals surface area (Å²) < 4.78 is 32.8. The fraction of sp³-hybridized carbons (Fsp3) is 1.00. The summed E-state index contributed by atoms with van der Waals surface area (Å²) in [6, 6.07) is 0. The first kappa shape index (κ1) is 12.3. The van der Waals surface area contributed by atoms with Gasteiger partial charge in [-0.3, -0.25) is 4.18 Å². The highest BCUT2D eigenvalue weighted by atomic mass is 32.2. The molecule has 0 aromatic rings. The summed E-state index contributed by atoms with van der Waals surface area (Å²) in [7, 11) is -3.34. The Balaban J connectivity index is 2.33. The van der Waals surface area contributed by atoms with Crippen LogP contribution in [0, 0.1) is 0 Å². The number of unbranched alkanes of at least 4 members (excludes halogenated alkanes) is 1. The molecule has 0 amide bonds. The van der Waals surface area contributed by atoms with E-state index in [0.717, 1.165) is 12.2 Å². The van der Waals surface area contributed by atoms with Crippen LogP contribution < -0.4 is 0 Å². The molecule has 84 valence electrons. The first-order chi connectivity index (χ1) is 6.64. The SMILES string of the molecule is CCCCS(=O)(=O)OC1COCCS1. The second kappa shape index (κ2) is 5.95. The van der Waals surface area contributed by atoms with Gasteiger partial charge in [-0.15, -0.1) is 11.8 Å². The third-order valence-electron chi connectivity index (χ3n) is 1.79. The van der Waals surface area contributed by atoms with Crippen molar-refractivity contribution in [2.75, 3.05) is 24.7 Å². The van der Waals surface area contributed by atoms with Crippen molar-refractivity contribution in [1.29, 1.82) is 0 Å². The van der Waals surface area contributed by atoms with Crippen LogP contribution in [0.1, 0.15) is 19.8 Å². The van der Waals surface area contributed by atoms with Crippen LogP contribution in [0.4, 0.5) is 0 Å². The Kier molecular flexibility index (Phi) is 5.22. The van der Waals surface area contributed by atoms with Gasteiger partial charge < -0.3 is 4.74 Å². The number of thioether (sulfide) groups is 1. The number of hydrogen-bond donors (Lipinski definition) is 0. The van der Waals surface area contributed by atoms with Gasteiger partial charge in [-0.1, -0.05) is 13.3 Å². The van der Waals surface area contributed by atoms with E-state index in [9.17, 15) is 8.42 Å². The molecule has 0 bridgehead atoms. The molecule has 1 heterocycles. The van der Waals surface area contributed by atoms with Gasteiger partial charge in [-0.25, -0.2) is 0 Å². The summed E-state index contributed by atoms with van der Waals surface area (Å²) in [5.41, 5.74) is -0.342. The number of ether oxygens (including phenoxy) is 1. The molecular weight excluding hydrogens is 224 g/mol. The zero-order valence-electron chi connectivity index (χ0n) is 8.27. The summed E-state index contributed by atoms with van der Waals surface area (Å²) in [5, 5.41) is 0. The van der Waals surface area contributed by atoms with E-state index in [0.29, 0.717) is 19.6 Å². The van der Waals surface area contributed by atoms with E-state index in [-0.39, 0.29) is 11.2 Å². The van der Waals surface area contributed by atoms with Gasteiger partial charge in [0, 0.05) is 5.75 Å². The lowest BCUT2D eigenvalue weighted by atomic mass is 10.4. The molecule has 6 heteroatoms. The van der Waals surface area contributed by atoms with Crippen LogP contribution in [0.2, 0.25) is 0 Å². The Hall–Kier alpha value is 0.220. The predicted molar refractivity (Wildman–Crippen MR) is 56.8 cm³/mol. The Labute approximate surface area is 89.5 Å². The molecule has 0 saturated carbocycles. The van der Waals surface area contributed by atoms with Crippen LogP contribution in [-0.2, 0) is 19.0 Å². The van der Waals surface area contributed by atoms with E-state index in [2.05, 4.69) is 0 Å². The van der Waals surface area contributed by atoms with Crippen molar-refractivity contribution >= 4 is 21.9 Å². The van der Waals surface area contributed by atoms with Crippen molar-refractivity contribution in [3.8, 4) is 0 Å². The van der Waals surface area contributed by atoms with Gasteiger partial charge in [0.1, 0.15) is 5.44 Å². The fourth-order valence-electron chi connectivity index (χ4n) is 1.05. The molecule has 0 aromatic heterocycles. The van der Waals surface area contributed by atoms with E-state index in [1.165, 1.54) is 11.8 Å². The second-order valence-corrected chi connectivity index (χ2v) is 6.07. The Morgan fingerprint density at radius 1 is 1.57 bits per heavy atom. The van der Waals surface area contributed by atoms with Crippen molar-refractivity contribution in [2.24, 2.45) is 0 Å². The predicted octanol–water partition coefficient (Wildman–Crippen LogP) is 1.22. The minimum Gasteiger partial charge on any atom is -0.377 e. The van der Waals surface area contributed by atoms with Crippen molar-refractivity contribution in [1.82, 2.24) is 0 Å². The van der Waals surface area contributed by atoms with E-state index < -0.39 is 10.1 Å². The van der Waals surface area contributed by atoms with Crippen LogP contribution in [0.5, 0.6) is 0 Å². The summed E-state index contributed by atoms with van der Waals surface area (Å²) in [6.07, 6.45) is 1.51. The monoisotopic (exact) mass is 240 g/mol. The molecule has 1 aliphatic heterocycles. The minimum absolute atomic E-state index is 0.112. The van der Waals surface area contributed by atoms with Crippen LogP contribution in [0.15, 0.2) is 0 Å². The van der Waals surface area contributed by atoms with E-state index in [4.69, 9.17) is 8.92 Å². The Morgan fingerprint density at radius 3 is 2.93 bits per heavy atom. The third kappa shape index (κ3) is 4.63. The average molecular weight is 240 g/mol. The van der Waals surface area contributed by atoms with Gasteiger partial charge in [0.15, 0.2) is 0 Å². The summed E-state index contributed by atoms with van der Waals surface area (Å²) in [6.45, 7) is 3.00. The lowest BCUT2D eigenvalue weighted by Gasteiger charge is -2.21. The zero-order chi connectivity index (χ0) is 10.4. The van der Waals surface area contributed by atoms with Gasteiger partial charge in [0.25, 0.3) is 10.1 Å². The quantitative estimate of drug-likeness (QED) is 0.676. The fourth-order valence-corrected chi connectivity index (χ4v) is 3.43. The molecular formula is C8H16O4S2. The molecule has 0 N–H and O–H groups in total. The molecule has 1 fully saturated rings. The molecule has 1 aliphatic rings. The van der Waals surface area contributed by atoms with Crippen LogP contribution >= 0.6 is 11.8 Å². The maximum absolute atomic E-state index is 11.4. The topological polar surface area (TPSA) is 52.6 Å². The molecule has 0 spiro atoms. The van der Waals surface area contributed by atoms with Crippen molar-refractivity contribution in [2.45, 2.75) is 25.2 Å². The Bertz CT molecular complexity index is 244. The minimum atomic E-state index is -3.34. The standard InChI is InChI=1S/C8H16O4S2/c1-2-3-6-14(9,10)12-8-7-11-4-5-13-8/h8H,2-7H2,1H3. The maximum atomic E-state index is 11.4. The lowest BCUT2D eigenvalue weighted by molar-refractivity contribution is 0.0903. The summed E-state index contributed by atoms with van der Waals surface area (Å²) >= 11 is 1.50. The highest BCUT2D eigenvalue weighted by molar-refractivity contribution is 8.00.